The molecule has 1 unspecified atom stereocenters. The first-order valence-corrected chi connectivity index (χ1v) is 15.9. The monoisotopic (exact) mass is 596 g/mol. The van der Waals surface area contributed by atoms with Gasteiger partial charge in [0, 0.05) is 32.3 Å². The van der Waals surface area contributed by atoms with Gasteiger partial charge in [-0.1, -0.05) is 86.8 Å². The molecule has 0 bridgehead atoms. The Morgan fingerprint density at radius 1 is 0.744 bits per heavy atom. The van der Waals surface area contributed by atoms with Crippen LogP contribution < -0.4 is 0 Å². The predicted octanol–water partition coefficient (Wildman–Crippen LogP) is 9.07. The Bertz CT molecular complexity index is 1010. The van der Waals surface area contributed by atoms with Crippen LogP contribution in [0.3, 0.4) is 0 Å². The molecule has 0 N–H and O–H groups in total. The van der Waals surface area contributed by atoms with Crippen molar-refractivity contribution in [1.29, 1.82) is 0 Å². The minimum absolute atomic E-state index is 0.0104. The molecule has 0 saturated carbocycles. The molecule has 6 nitrogen and oxygen atoms in total. The molecule has 0 aromatic rings. The number of hydrogen-bond donors (Lipinski definition) is 0. The minimum Gasteiger partial charge on any atom is -0.461 e. The van der Waals surface area contributed by atoms with Gasteiger partial charge in [-0.25, -0.2) is 0 Å². The topological polar surface area (TPSA) is 78.9 Å². The van der Waals surface area contributed by atoms with Crippen molar-refractivity contribution in [3.8, 4) is 11.8 Å². The summed E-state index contributed by atoms with van der Waals surface area (Å²) in [6.45, 7) is 10.6. The fourth-order valence-electron chi connectivity index (χ4n) is 3.97. The average Bonchev–Trinajstić information content (AvgIpc) is 2.94. The van der Waals surface area contributed by atoms with Crippen molar-refractivity contribution in [2.45, 2.75) is 131 Å². The molecule has 43 heavy (non-hydrogen) atoms. The van der Waals surface area contributed by atoms with E-state index in [1.54, 1.807) is 6.08 Å². The number of carbonyl (C=O) groups is 3. The summed E-state index contributed by atoms with van der Waals surface area (Å²) in [6, 6.07) is 0. The van der Waals surface area contributed by atoms with Crippen LogP contribution in [0.25, 0.3) is 0 Å². The highest BCUT2D eigenvalue weighted by molar-refractivity contribution is 5.69. The number of ether oxygens (including phenoxy) is 3. The fourth-order valence-corrected chi connectivity index (χ4v) is 3.97. The third kappa shape index (κ3) is 27.3. The zero-order valence-corrected chi connectivity index (χ0v) is 27.7. The summed E-state index contributed by atoms with van der Waals surface area (Å²) < 4.78 is 16.1. The van der Waals surface area contributed by atoms with E-state index < -0.39 is 18.0 Å². The molecule has 0 rings (SSSR count). The maximum absolute atomic E-state index is 12.3. The van der Waals surface area contributed by atoms with Crippen LogP contribution in [0.4, 0.5) is 0 Å². The molecule has 0 heterocycles. The molecule has 0 aliphatic rings. The Hall–Kier alpha value is -3.33. The molecular formula is C37H56O6. The molecule has 0 aromatic carbocycles. The van der Waals surface area contributed by atoms with Gasteiger partial charge in [0.2, 0.25) is 0 Å². The highest BCUT2D eigenvalue weighted by Crippen LogP contribution is 2.16. The van der Waals surface area contributed by atoms with Crippen LogP contribution in [0.2, 0.25) is 0 Å². The first-order valence-electron chi connectivity index (χ1n) is 15.9. The zero-order chi connectivity index (χ0) is 32.1. The lowest BCUT2D eigenvalue weighted by atomic mass is 10.1. The molecule has 0 amide bonds. The third-order valence-corrected chi connectivity index (χ3v) is 6.35. The third-order valence-electron chi connectivity index (χ3n) is 6.35. The van der Waals surface area contributed by atoms with Crippen LogP contribution >= 0.6 is 0 Å². The van der Waals surface area contributed by atoms with Gasteiger partial charge in [-0.05, 0) is 77.0 Å². The summed E-state index contributed by atoms with van der Waals surface area (Å²) in [5.41, 5.74) is 2.48. The lowest BCUT2D eigenvalue weighted by Crippen LogP contribution is -2.23. The van der Waals surface area contributed by atoms with Crippen LogP contribution in [0.1, 0.15) is 125 Å². The molecule has 0 radical (unpaired) electrons. The summed E-state index contributed by atoms with van der Waals surface area (Å²) in [5.74, 6) is 4.83. The summed E-state index contributed by atoms with van der Waals surface area (Å²) >= 11 is 0. The average molecular weight is 597 g/mol. The van der Waals surface area contributed by atoms with Crippen LogP contribution in [-0.2, 0) is 28.6 Å². The number of carbonyl (C=O) groups excluding carboxylic acids is 3. The Kier molecular flexibility index (Phi) is 25.4. The molecule has 0 aromatic heterocycles. The van der Waals surface area contributed by atoms with E-state index in [4.69, 9.17) is 14.2 Å². The van der Waals surface area contributed by atoms with E-state index in [0.29, 0.717) is 18.4 Å². The van der Waals surface area contributed by atoms with E-state index >= 15 is 0 Å². The van der Waals surface area contributed by atoms with Gasteiger partial charge in [-0.3, -0.25) is 14.4 Å². The molecule has 240 valence electrons. The first-order chi connectivity index (χ1) is 20.6. The normalized spacial score (nSPS) is 12.5. The predicted molar refractivity (Wildman–Crippen MR) is 176 cm³/mol. The van der Waals surface area contributed by atoms with Gasteiger partial charge in [0.1, 0.15) is 19.3 Å². The lowest BCUT2D eigenvalue weighted by molar-refractivity contribution is -0.146. The molecule has 0 aliphatic carbocycles. The second-order valence-corrected chi connectivity index (χ2v) is 10.9. The Morgan fingerprint density at radius 2 is 1.40 bits per heavy atom. The van der Waals surface area contributed by atoms with Gasteiger partial charge in [0.25, 0.3) is 0 Å². The number of allylic oxidation sites excluding steroid dienone is 7. The van der Waals surface area contributed by atoms with Crippen LogP contribution in [0, 0.1) is 11.8 Å². The number of hydrogen-bond acceptors (Lipinski definition) is 6. The van der Waals surface area contributed by atoms with Gasteiger partial charge in [0.15, 0.2) is 0 Å². The highest BCUT2D eigenvalue weighted by atomic mass is 16.6. The van der Waals surface area contributed by atoms with Crippen molar-refractivity contribution in [3.05, 3.63) is 59.3 Å². The quantitative estimate of drug-likeness (QED) is 0.0408. The van der Waals surface area contributed by atoms with Crippen molar-refractivity contribution in [3.63, 3.8) is 0 Å². The lowest BCUT2D eigenvalue weighted by Gasteiger charge is -2.19. The Morgan fingerprint density at radius 3 is 2.02 bits per heavy atom. The summed E-state index contributed by atoms with van der Waals surface area (Å²) in [7, 11) is 0. The molecule has 0 spiro atoms. The van der Waals surface area contributed by atoms with Gasteiger partial charge in [0.05, 0.1) is 0 Å². The number of unbranched alkanes of at least 4 members (excludes halogenated alkanes) is 8. The Labute approximate surface area is 261 Å². The van der Waals surface area contributed by atoms with Gasteiger partial charge in [-0.15, -0.1) is 0 Å². The molecular weight excluding hydrogens is 540 g/mol. The van der Waals surface area contributed by atoms with Gasteiger partial charge < -0.3 is 14.2 Å². The van der Waals surface area contributed by atoms with Gasteiger partial charge >= 0.3 is 17.9 Å². The fraction of sp³-hybridized carbons (Fsp3) is 0.595. The van der Waals surface area contributed by atoms with Crippen LogP contribution in [-0.4, -0.2) is 37.2 Å². The van der Waals surface area contributed by atoms with Crippen molar-refractivity contribution >= 4 is 17.9 Å². The minimum atomic E-state index is -0.669. The molecule has 0 aliphatic heterocycles. The van der Waals surface area contributed by atoms with E-state index in [1.165, 1.54) is 39.5 Å². The van der Waals surface area contributed by atoms with E-state index in [1.807, 2.05) is 32.9 Å². The number of rotatable bonds is 22. The standard InChI is InChI=1S/C37H56O6/c1-7-8-9-10-11-12-13-14-15-16-17-18-19-20-21-25-37(40)41-29-28-35(30-42-33(5)38)36(43-34(6)39)27-26-32(4)24-22-23-31(2)3/h11-12,14-15,23,26,28,36H,7-10,13,16-21,25,27,29-30H2,1-6H3/b12-11+,15-14+,32-26+,35-28+. The number of esters is 3. The summed E-state index contributed by atoms with van der Waals surface area (Å²) in [4.78, 5) is 35.5. The second-order valence-electron chi connectivity index (χ2n) is 10.9. The maximum atomic E-state index is 12.3. The molecule has 1 atom stereocenters. The molecule has 0 fully saturated rings. The first kappa shape index (κ1) is 39.7. The van der Waals surface area contributed by atoms with Crippen molar-refractivity contribution in [2.75, 3.05) is 13.2 Å². The molecule has 0 saturated heterocycles. The van der Waals surface area contributed by atoms with E-state index in [9.17, 15) is 14.4 Å². The van der Waals surface area contributed by atoms with E-state index in [0.717, 1.165) is 56.1 Å². The van der Waals surface area contributed by atoms with Crippen LogP contribution in [0.15, 0.2) is 59.3 Å². The molecule has 6 heteroatoms. The highest BCUT2D eigenvalue weighted by Gasteiger charge is 2.18. The summed E-state index contributed by atoms with van der Waals surface area (Å²) in [5, 5.41) is 0. The van der Waals surface area contributed by atoms with E-state index in [-0.39, 0.29) is 19.2 Å². The van der Waals surface area contributed by atoms with Crippen molar-refractivity contribution in [2.24, 2.45) is 0 Å². The summed E-state index contributed by atoms with van der Waals surface area (Å²) in [6.07, 6.45) is 26.8. The second kappa shape index (κ2) is 27.5. The maximum Gasteiger partial charge on any atom is 0.306 e. The Balaban J connectivity index is 4.60. The van der Waals surface area contributed by atoms with E-state index in [2.05, 4.69) is 43.1 Å². The zero-order valence-electron chi connectivity index (χ0n) is 27.7. The SMILES string of the molecule is CCCCC/C=C/C/C=C/CCCCCCCC(=O)OC/C=C(\COC(C)=O)C(C/C=C(\C)C#CC=C(C)C)OC(C)=O. The van der Waals surface area contributed by atoms with Gasteiger partial charge in [-0.2, -0.15) is 0 Å². The smallest absolute Gasteiger partial charge is 0.306 e. The van der Waals surface area contributed by atoms with Crippen molar-refractivity contribution < 1.29 is 28.6 Å². The largest absolute Gasteiger partial charge is 0.461 e. The van der Waals surface area contributed by atoms with Crippen molar-refractivity contribution in [1.82, 2.24) is 0 Å². The van der Waals surface area contributed by atoms with Crippen LogP contribution in [0.5, 0.6) is 0 Å².